The van der Waals surface area contributed by atoms with Gasteiger partial charge < -0.3 is 10.1 Å². The van der Waals surface area contributed by atoms with Gasteiger partial charge in [0, 0.05) is 30.0 Å². The van der Waals surface area contributed by atoms with E-state index in [1.807, 2.05) is 19.1 Å². The van der Waals surface area contributed by atoms with Crippen LogP contribution in [0.4, 0.5) is 0 Å². The van der Waals surface area contributed by atoms with E-state index in [2.05, 4.69) is 34.7 Å². The fourth-order valence-electron chi connectivity index (χ4n) is 3.35. The van der Waals surface area contributed by atoms with Crippen molar-refractivity contribution in [2.75, 3.05) is 26.2 Å². The number of rotatable bonds is 8. The molecule has 146 valence electrons. The molecule has 27 heavy (non-hydrogen) atoms. The SMILES string of the molecule is CCCNC(=O)C1CCN(Cc2csc(-c3ccc(OCC)cc3)n2)CC1. The summed E-state index contributed by atoms with van der Waals surface area (Å²) < 4.78 is 5.50. The molecule has 1 aliphatic rings. The zero-order chi connectivity index (χ0) is 19.1. The highest BCUT2D eigenvalue weighted by Crippen LogP contribution is 2.27. The number of hydrogen-bond donors (Lipinski definition) is 1. The second-order valence-electron chi connectivity index (χ2n) is 6.94. The van der Waals surface area contributed by atoms with Gasteiger partial charge in [-0.3, -0.25) is 9.69 Å². The molecule has 0 aliphatic carbocycles. The van der Waals surface area contributed by atoms with Crippen LogP contribution in [0.1, 0.15) is 38.8 Å². The second kappa shape index (κ2) is 9.85. The molecule has 1 aromatic heterocycles. The Kier molecular flexibility index (Phi) is 7.24. The first-order valence-electron chi connectivity index (χ1n) is 9.87. The Labute approximate surface area is 165 Å². The van der Waals surface area contributed by atoms with Crippen molar-refractivity contribution in [3.8, 4) is 16.3 Å². The fourth-order valence-corrected chi connectivity index (χ4v) is 4.16. The smallest absolute Gasteiger partial charge is 0.223 e. The van der Waals surface area contributed by atoms with Gasteiger partial charge in [-0.25, -0.2) is 4.98 Å². The molecular weight excluding hydrogens is 358 g/mol. The van der Waals surface area contributed by atoms with Crippen LogP contribution < -0.4 is 10.1 Å². The Balaban J connectivity index is 1.50. The van der Waals surface area contributed by atoms with Crippen molar-refractivity contribution in [3.05, 3.63) is 35.3 Å². The van der Waals surface area contributed by atoms with Gasteiger partial charge in [0.2, 0.25) is 5.91 Å². The lowest BCUT2D eigenvalue weighted by atomic mass is 9.96. The summed E-state index contributed by atoms with van der Waals surface area (Å²) in [4.78, 5) is 19.3. The molecule has 5 nitrogen and oxygen atoms in total. The molecule has 0 unspecified atom stereocenters. The van der Waals surface area contributed by atoms with Crippen molar-refractivity contribution in [2.24, 2.45) is 5.92 Å². The van der Waals surface area contributed by atoms with E-state index in [1.54, 1.807) is 11.3 Å². The molecule has 0 radical (unpaired) electrons. The topological polar surface area (TPSA) is 54.5 Å². The average Bonchev–Trinajstić information content (AvgIpc) is 3.16. The number of benzene rings is 1. The van der Waals surface area contributed by atoms with Crippen LogP contribution in [-0.2, 0) is 11.3 Å². The number of amides is 1. The minimum Gasteiger partial charge on any atom is -0.494 e. The minimum absolute atomic E-state index is 0.169. The van der Waals surface area contributed by atoms with Gasteiger partial charge in [0.05, 0.1) is 12.3 Å². The van der Waals surface area contributed by atoms with Gasteiger partial charge in [-0.05, 0) is 63.5 Å². The first-order chi connectivity index (χ1) is 13.2. The van der Waals surface area contributed by atoms with Crippen LogP contribution in [0.15, 0.2) is 29.6 Å². The van der Waals surface area contributed by atoms with Gasteiger partial charge >= 0.3 is 0 Å². The van der Waals surface area contributed by atoms with Gasteiger partial charge in [0.25, 0.3) is 0 Å². The number of carbonyl (C=O) groups excluding carboxylic acids is 1. The second-order valence-corrected chi connectivity index (χ2v) is 7.80. The van der Waals surface area contributed by atoms with Gasteiger partial charge in [-0.1, -0.05) is 6.92 Å². The molecule has 1 amide bonds. The summed E-state index contributed by atoms with van der Waals surface area (Å²) in [5.74, 6) is 1.29. The van der Waals surface area contributed by atoms with E-state index in [1.165, 1.54) is 0 Å². The van der Waals surface area contributed by atoms with Gasteiger partial charge in [-0.2, -0.15) is 0 Å². The average molecular weight is 388 g/mol. The largest absolute Gasteiger partial charge is 0.494 e. The number of piperidine rings is 1. The molecule has 3 rings (SSSR count). The maximum atomic E-state index is 12.1. The van der Waals surface area contributed by atoms with E-state index in [-0.39, 0.29) is 11.8 Å². The molecule has 1 N–H and O–H groups in total. The van der Waals surface area contributed by atoms with Crippen molar-refractivity contribution in [2.45, 2.75) is 39.7 Å². The first-order valence-corrected chi connectivity index (χ1v) is 10.7. The maximum Gasteiger partial charge on any atom is 0.223 e. The van der Waals surface area contributed by atoms with Crippen LogP contribution in [-0.4, -0.2) is 42.0 Å². The van der Waals surface area contributed by atoms with Crippen molar-refractivity contribution < 1.29 is 9.53 Å². The summed E-state index contributed by atoms with van der Waals surface area (Å²) in [5, 5.41) is 6.21. The molecular formula is C21H29N3O2S. The summed E-state index contributed by atoms with van der Waals surface area (Å²) in [6.45, 7) is 8.31. The Morgan fingerprint density at radius 3 is 2.67 bits per heavy atom. The van der Waals surface area contributed by atoms with Crippen LogP contribution in [0.2, 0.25) is 0 Å². The fraction of sp³-hybridized carbons (Fsp3) is 0.524. The minimum atomic E-state index is 0.169. The number of hydrogen-bond acceptors (Lipinski definition) is 5. The lowest BCUT2D eigenvalue weighted by molar-refractivity contribution is -0.126. The van der Waals surface area contributed by atoms with E-state index in [4.69, 9.17) is 9.72 Å². The number of nitrogens with zero attached hydrogens (tertiary/aromatic N) is 2. The molecule has 0 bridgehead atoms. The van der Waals surface area contributed by atoms with Crippen molar-refractivity contribution in [1.29, 1.82) is 0 Å². The van der Waals surface area contributed by atoms with E-state index < -0.39 is 0 Å². The number of thiazole rings is 1. The normalized spacial score (nSPS) is 15.6. The highest BCUT2D eigenvalue weighted by molar-refractivity contribution is 7.13. The number of nitrogens with one attached hydrogen (secondary N) is 1. The molecule has 2 aromatic rings. The van der Waals surface area contributed by atoms with E-state index in [0.29, 0.717) is 6.61 Å². The highest BCUT2D eigenvalue weighted by atomic mass is 32.1. The molecule has 1 saturated heterocycles. The molecule has 0 atom stereocenters. The van der Waals surface area contributed by atoms with Gasteiger partial charge in [0.15, 0.2) is 0 Å². The van der Waals surface area contributed by atoms with Gasteiger partial charge in [-0.15, -0.1) is 11.3 Å². The standard InChI is InChI=1S/C21H29N3O2S/c1-3-11-22-20(25)16-9-12-24(13-10-16)14-18-15-27-21(23-18)17-5-7-19(8-6-17)26-4-2/h5-8,15-16H,3-4,9-14H2,1-2H3,(H,22,25). The van der Waals surface area contributed by atoms with Crippen LogP contribution in [0.5, 0.6) is 5.75 Å². The number of likely N-dealkylation sites (tertiary alicyclic amines) is 1. The monoisotopic (exact) mass is 387 g/mol. The molecule has 1 aromatic carbocycles. The molecule has 6 heteroatoms. The van der Waals surface area contributed by atoms with Crippen molar-refractivity contribution in [3.63, 3.8) is 0 Å². The predicted octanol–water partition coefficient (Wildman–Crippen LogP) is 3.95. The summed E-state index contributed by atoms with van der Waals surface area (Å²) >= 11 is 1.68. The lowest BCUT2D eigenvalue weighted by Gasteiger charge is -2.30. The summed E-state index contributed by atoms with van der Waals surface area (Å²) in [5.41, 5.74) is 2.23. The van der Waals surface area contributed by atoms with Gasteiger partial charge in [0.1, 0.15) is 10.8 Å². The van der Waals surface area contributed by atoms with Crippen molar-refractivity contribution >= 4 is 17.2 Å². The maximum absolute atomic E-state index is 12.1. The third-order valence-electron chi connectivity index (χ3n) is 4.86. The van der Waals surface area contributed by atoms with E-state index in [0.717, 1.165) is 67.5 Å². The molecule has 0 spiro atoms. The quantitative estimate of drug-likeness (QED) is 0.745. The zero-order valence-electron chi connectivity index (χ0n) is 16.2. The number of aromatic nitrogens is 1. The van der Waals surface area contributed by atoms with Crippen LogP contribution in [0.3, 0.4) is 0 Å². The van der Waals surface area contributed by atoms with Crippen LogP contribution >= 0.6 is 11.3 Å². The molecule has 0 saturated carbocycles. The molecule has 1 fully saturated rings. The molecule has 1 aliphatic heterocycles. The predicted molar refractivity (Wildman–Crippen MR) is 110 cm³/mol. The lowest BCUT2D eigenvalue weighted by Crippen LogP contribution is -2.40. The number of carbonyl (C=O) groups is 1. The third kappa shape index (κ3) is 5.53. The van der Waals surface area contributed by atoms with Crippen LogP contribution in [0, 0.1) is 5.92 Å². The highest BCUT2D eigenvalue weighted by Gasteiger charge is 2.25. The summed E-state index contributed by atoms with van der Waals surface area (Å²) in [6, 6.07) is 8.12. The summed E-state index contributed by atoms with van der Waals surface area (Å²) in [7, 11) is 0. The summed E-state index contributed by atoms with van der Waals surface area (Å²) in [6.07, 6.45) is 2.86. The van der Waals surface area contributed by atoms with Crippen LogP contribution in [0.25, 0.3) is 10.6 Å². The first kappa shape index (κ1) is 19.8. The van der Waals surface area contributed by atoms with E-state index >= 15 is 0 Å². The number of ether oxygens (including phenoxy) is 1. The Bertz CT molecular complexity index is 721. The Morgan fingerprint density at radius 2 is 2.00 bits per heavy atom. The van der Waals surface area contributed by atoms with Crippen molar-refractivity contribution in [1.82, 2.24) is 15.2 Å². The Hall–Kier alpha value is -1.92. The zero-order valence-corrected chi connectivity index (χ0v) is 17.1. The Morgan fingerprint density at radius 1 is 1.26 bits per heavy atom. The van der Waals surface area contributed by atoms with E-state index in [9.17, 15) is 4.79 Å². The third-order valence-corrected chi connectivity index (χ3v) is 5.80. The molecule has 2 heterocycles.